The van der Waals surface area contributed by atoms with Gasteiger partial charge in [-0.15, -0.1) is 0 Å². The van der Waals surface area contributed by atoms with Crippen molar-refractivity contribution in [2.24, 2.45) is 0 Å². The Labute approximate surface area is 168 Å². The molecular formula is C21H21ClN4O2. The Kier molecular flexibility index (Phi) is 6.01. The van der Waals surface area contributed by atoms with Crippen molar-refractivity contribution in [3.8, 4) is 5.75 Å². The van der Waals surface area contributed by atoms with Gasteiger partial charge in [-0.3, -0.25) is 0 Å². The number of para-hydroxylation sites is 1. The van der Waals surface area contributed by atoms with Gasteiger partial charge in [0.2, 0.25) is 0 Å². The number of nitrogens with two attached hydrogens (primary N) is 1. The topological polar surface area (TPSA) is 80.5 Å². The molecule has 1 atom stereocenters. The molecule has 1 amide bonds. The lowest BCUT2D eigenvalue weighted by Crippen LogP contribution is -2.26. The molecule has 0 aliphatic rings. The maximum Gasteiger partial charge on any atom is 0.414 e. The van der Waals surface area contributed by atoms with Crippen molar-refractivity contribution in [2.75, 3.05) is 25.1 Å². The van der Waals surface area contributed by atoms with Crippen LogP contribution in [0.4, 0.5) is 16.3 Å². The first-order valence-electron chi connectivity index (χ1n) is 8.67. The molecule has 0 fully saturated rings. The van der Waals surface area contributed by atoms with Crippen LogP contribution in [0.5, 0.6) is 5.75 Å². The zero-order valence-electron chi connectivity index (χ0n) is 15.6. The maximum atomic E-state index is 12.1. The predicted molar refractivity (Wildman–Crippen MR) is 112 cm³/mol. The van der Waals surface area contributed by atoms with E-state index >= 15 is 0 Å². The van der Waals surface area contributed by atoms with Crippen molar-refractivity contribution < 1.29 is 9.53 Å². The molecular weight excluding hydrogens is 376 g/mol. The number of nitrogen functional groups attached to an aromatic ring is 1. The highest BCUT2D eigenvalue weighted by atomic mass is 35.5. The number of anilines is 2. The Morgan fingerprint density at radius 1 is 1.07 bits per heavy atom. The summed E-state index contributed by atoms with van der Waals surface area (Å²) in [7, 11) is 3.26. The molecule has 3 rings (SSSR count). The van der Waals surface area contributed by atoms with Crippen LogP contribution in [0.3, 0.4) is 0 Å². The first-order valence-corrected chi connectivity index (χ1v) is 9.04. The van der Waals surface area contributed by atoms with Crippen molar-refractivity contribution in [1.82, 2.24) is 9.88 Å². The van der Waals surface area contributed by atoms with Crippen LogP contribution in [0.25, 0.3) is 0 Å². The fourth-order valence-electron chi connectivity index (χ4n) is 2.71. The van der Waals surface area contributed by atoms with Crippen LogP contribution >= 0.6 is 11.6 Å². The van der Waals surface area contributed by atoms with Crippen molar-refractivity contribution in [1.29, 1.82) is 0 Å². The van der Waals surface area contributed by atoms with E-state index in [1.165, 1.54) is 4.90 Å². The third-order valence-corrected chi connectivity index (χ3v) is 4.56. The van der Waals surface area contributed by atoms with E-state index in [2.05, 4.69) is 10.3 Å². The number of nitrogens with zero attached hydrogens (tertiary/aromatic N) is 2. The third-order valence-electron chi connectivity index (χ3n) is 4.12. The Morgan fingerprint density at radius 3 is 2.50 bits per heavy atom. The smallest absolute Gasteiger partial charge is 0.410 e. The summed E-state index contributed by atoms with van der Waals surface area (Å²) in [5, 5.41) is 3.80. The van der Waals surface area contributed by atoms with Gasteiger partial charge >= 0.3 is 6.09 Å². The largest absolute Gasteiger partial charge is 0.414 e. The zero-order valence-corrected chi connectivity index (χ0v) is 16.4. The van der Waals surface area contributed by atoms with E-state index in [0.717, 1.165) is 11.1 Å². The molecule has 0 aliphatic carbocycles. The number of ether oxygens (including phenoxy) is 1. The average molecular weight is 397 g/mol. The minimum absolute atomic E-state index is 0.424. The Balaban J connectivity index is 2.09. The molecule has 1 heterocycles. The summed E-state index contributed by atoms with van der Waals surface area (Å²) in [5.41, 5.74) is 7.97. The highest BCUT2D eigenvalue weighted by molar-refractivity contribution is 6.34. The van der Waals surface area contributed by atoms with Gasteiger partial charge < -0.3 is 20.7 Å². The van der Waals surface area contributed by atoms with Crippen LogP contribution in [0, 0.1) is 0 Å². The van der Waals surface area contributed by atoms with Crippen LogP contribution in [0.1, 0.15) is 17.2 Å². The summed E-state index contributed by atoms with van der Waals surface area (Å²) in [5.74, 6) is 1.08. The maximum absolute atomic E-state index is 12.1. The number of benzene rings is 2. The van der Waals surface area contributed by atoms with Gasteiger partial charge in [0.05, 0.1) is 16.8 Å². The van der Waals surface area contributed by atoms with Gasteiger partial charge in [0, 0.05) is 25.9 Å². The van der Waals surface area contributed by atoms with E-state index in [0.29, 0.717) is 22.3 Å². The van der Waals surface area contributed by atoms with Gasteiger partial charge in [-0.05, 0) is 29.8 Å². The number of halogens is 1. The highest BCUT2D eigenvalue weighted by Crippen LogP contribution is 2.37. The van der Waals surface area contributed by atoms with E-state index in [1.807, 2.05) is 42.5 Å². The van der Waals surface area contributed by atoms with Crippen molar-refractivity contribution >= 4 is 29.2 Å². The third kappa shape index (κ3) is 4.35. The lowest BCUT2D eigenvalue weighted by Gasteiger charge is -2.24. The first-order chi connectivity index (χ1) is 13.5. The second-order valence-electron chi connectivity index (χ2n) is 6.34. The van der Waals surface area contributed by atoms with E-state index in [9.17, 15) is 4.79 Å². The molecule has 0 bridgehead atoms. The summed E-state index contributed by atoms with van der Waals surface area (Å²) in [6.07, 6.45) is 1.22. The van der Waals surface area contributed by atoms with Gasteiger partial charge in [0.25, 0.3) is 0 Å². The van der Waals surface area contributed by atoms with Gasteiger partial charge in [0.15, 0.2) is 0 Å². The number of carbonyl (C=O) groups is 1. The number of amides is 1. The zero-order chi connectivity index (χ0) is 20.1. The molecule has 3 N–H and O–H groups in total. The summed E-state index contributed by atoms with van der Waals surface area (Å²) in [4.78, 5) is 17.8. The average Bonchev–Trinajstić information content (AvgIpc) is 2.70. The molecule has 2 aromatic carbocycles. The summed E-state index contributed by atoms with van der Waals surface area (Å²) >= 11 is 6.51. The van der Waals surface area contributed by atoms with Crippen molar-refractivity contribution in [3.05, 3.63) is 83.0 Å². The number of hydrogen-bond donors (Lipinski definition) is 2. The van der Waals surface area contributed by atoms with Crippen LogP contribution < -0.4 is 15.8 Å². The lowest BCUT2D eigenvalue weighted by molar-refractivity contribution is 0.171. The van der Waals surface area contributed by atoms with Crippen LogP contribution in [0.2, 0.25) is 5.02 Å². The van der Waals surface area contributed by atoms with E-state index in [-0.39, 0.29) is 0 Å². The normalized spacial score (nSPS) is 11.5. The molecule has 1 unspecified atom stereocenters. The van der Waals surface area contributed by atoms with Gasteiger partial charge in [0.1, 0.15) is 11.6 Å². The predicted octanol–water partition coefficient (Wildman–Crippen LogP) is 4.58. The van der Waals surface area contributed by atoms with E-state index in [4.69, 9.17) is 22.1 Å². The summed E-state index contributed by atoms with van der Waals surface area (Å²) < 4.78 is 5.57. The van der Waals surface area contributed by atoms with E-state index < -0.39 is 12.1 Å². The monoisotopic (exact) mass is 396 g/mol. The highest BCUT2D eigenvalue weighted by Gasteiger charge is 2.23. The molecule has 0 aliphatic heterocycles. The molecule has 144 valence electrons. The SMILES string of the molecule is CN(C)C(=O)Oc1ccccc1C(Nc1ccccn1)c1cccc(N)c1Cl. The Bertz CT molecular complexity index is 964. The van der Waals surface area contributed by atoms with Crippen molar-refractivity contribution in [3.63, 3.8) is 0 Å². The van der Waals surface area contributed by atoms with Crippen LogP contribution in [0.15, 0.2) is 66.9 Å². The lowest BCUT2D eigenvalue weighted by atomic mass is 9.97. The molecule has 0 spiro atoms. The van der Waals surface area contributed by atoms with Crippen LogP contribution in [-0.2, 0) is 0 Å². The second kappa shape index (κ2) is 8.63. The molecule has 1 aromatic heterocycles. The fraction of sp³-hybridized carbons (Fsp3) is 0.143. The summed E-state index contributed by atoms with van der Waals surface area (Å²) in [6.45, 7) is 0. The number of hydrogen-bond acceptors (Lipinski definition) is 5. The summed E-state index contributed by atoms with van der Waals surface area (Å²) in [6, 6.07) is 17.9. The minimum atomic E-state index is -0.470. The Morgan fingerprint density at radius 2 is 1.79 bits per heavy atom. The molecule has 0 saturated heterocycles. The first kappa shape index (κ1) is 19.5. The van der Waals surface area contributed by atoms with Crippen LogP contribution in [-0.4, -0.2) is 30.1 Å². The Hall–Kier alpha value is -3.25. The fourth-order valence-corrected chi connectivity index (χ4v) is 2.94. The number of rotatable bonds is 5. The van der Waals surface area contributed by atoms with Crippen molar-refractivity contribution in [2.45, 2.75) is 6.04 Å². The number of nitrogens with one attached hydrogen (secondary N) is 1. The number of pyridine rings is 1. The molecule has 28 heavy (non-hydrogen) atoms. The van der Waals surface area contributed by atoms with Gasteiger partial charge in [-0.1, -0.05) is 48.0 Å². The molecule has 0 saturated carbocycles. The van der Waals surface area contributed by atoms with E-state index in [1.54, 1.807) is 38.5 Å². The molecule has 7 heteroatoms. The second-order valence-corrected chi connectivity index (χ2v) is 6.72. The standard InChI is InChI=1S/C21H21ClN4O2/c1-26(2)21(27)28-17-11-4-3-8-14(17)20(25-18-12-5-6-13-24-18)15-9-7-10-16(23)19(15)22/h3-13,20H,23H2,1-2H3,(H,24,25). The van der Waals surface area contributed by atoms with Gasteiger partial charge in [-0.25, -0.2) is 9.78 Å². The molecule has 0 radical (unpaired) electrons. The minimum Gasteiger partial charge on any atom is -0.410 e. The quantitative estimate of drug-likeness (QED) is 0.617. The molecule has 6 nitrogen and oxygen atoms in total. The van der Waals surface area contributed by atoms with Gasteiger partial charge in [-0.2, -0.15) is 0 Å². The number of aromatic nitrogens is 1. The number of carbonyl (C=O) groups excluding carboxylic acids is 1. The molecule has 3 aromatic rings.